The van der Waals surface area contributed by atoms with Crippen LogP contribution in [0.15, 0.2) is 30.6 Å². The topological polar surface area (TPSA) is 42.4 Å². The average molecular weight is 408 g/mol. The van der Waals surface area contributed by atoms with E-state index in [4.69, 9.17) is 4.74 Å². The number of fused-ring (bicyclic) bond motifs is 1. The van der Waals surface area contributed by atoms with Gasteiger partial charge >= 0.3 is 6.18 Å². The monoisotopic (exact) mass is 408 g/mol. The molecule has 8 heteroatoms. The lowest BCUT2D eigenvalue weighted by Crippen LogP contribution is -2.54. The Morgan fingerprint density at radius 1 is 1.24 bits per heavy atom. The van der Waals surface area contributed by atoms with Crippen LogP contribution in [0.1, 0.15) is 35.4 Å². The third-order valence-corrected chi connectivity index (χ3v) is 5.82. The molecule has 0 N–H and O–H groups in total. The van der Waals surface area contributed by atoms with Crippen LogP contribution in [0.3, 0.4) is 0 Å². The number of pyridine rings is 1. The zero-order chi connectivity index (χ0) is 20.8. The smallest absolute Gasteiger partial charge is 0.378 e. The quantitative estimate of drug-likeness (QED) is 0.713. The summed E-state index contributed by atoms with van der Waals surface area (Å²) in [6.07, 6.45) is 0.346. The van der Waals surface area contributed by atoms with Crippen LogP contribution >= 0.6 is 0 Å². The number of benzene rings is 1. The zero-order valence-electron chi connectivity index (χ0n) is 15.8. The SMILES string of the molecule is COC1CN(C(=O)CC2CCc3c(-c4ccc(C(F)(F)F)cc4F)cncc32)C1. The van der Waals surface area contributed by atoms with E-state index in [9.17, 15) is 22.4 Å². The molecule has 1 amide bonds. The number of nitrogens with zero attached hydrogens (tertiary/aromatic N) is 2. The van der Waals surface area contributed by atoms with Crippen molar-refractivity contribution in [3.05, 3.63) is 53.1 Å². The highest BCUT2D eigenvalue weighted by Gasteiger charge is 2.35. The molecule has 1 aromatic carbocycles. The third kappa shape index (κ3) is 3.73. The highest BCUT2D eigenvalue weighted by atomic mass is 19.4. The molecular formula is C21H20F4N2O2. The van der Waals surface area contributed by atoms with Crippen LogP contribution in [-0.4, -0.2) is 42.1 Å². The fourth-order valence-corrected chi connectivity index (χ4v) is 4.09. The molecule has 4 nitrogen and oxygen atoms in total. The van der Waals surface area contributed by atoms with Crippen molar-refractivity contribution < 1.29 is 27.1 Å². The van der Waals surface area contributed by atoms with Gasteiger partial charge < -0.3 is 9.64 Å². The second-order valence-electron chi connectivity index (χ2n) is 7.54. The lowest BCUT2D eigenvalue weighted by Gasteiger charge is -2.38. The van der Waals surface area contributed by atoms with Gasteiger partial charge in [-0.2, -0.15) is 13.2 Å². The van der Waals surface area contributed by atoms with Gasteiger partial charge in [-0.05, 0) is 42.0 Å². The number of rotatable bonds is 4. The maximum atomic E-state index is 14.5. The van der Waals surface area contributed by atoms with E-state index in [2.05, 4.69) is 4.98 Å². The fourth-order valence-electron chi connectivity index (χ4n) is 4.09. The van der Waals surface area contributed by atoms with Crippen molar-refractivity contribution in [2.75, 3.05) is 20.2 Å². The molecule has 4 rings (SSSR count). The standard InChI is InChI=1S/C21H20F4N2O2/c1-29-14-10-27(11-14)20(28)6-12-2-4-15-17(12)8-26-9-18(15)16-5-3-13(7-19(16)22)21(23,24)25/h3,5,7-9,12,14H,2,4,6,10-11H2,1H3. The maximum Gasteiger partial charge on any atom is 0.416 e. The number of amides is 1. The number of alkyl halides is 3. The fraction of sp³-hybridized carbons (Fsp3) is 0.429. The number of likely N-dealkylation sites (tertiary alicyclic amines) is 1. The van der Waals surface area contributed by atoms with Gasteiger partial charge in [-0.25, -0.2) is 4.39 Å². The summed E-state index contributed by atoms with van der Waals surface area (Å²) in [6.45, 7) is 1.17. The number of halogens is 4. The predicted molar refractivity (Wildman–Crippen MR) is 97.7 cm³/mol. The van der Waals surface area contributed by atoms with E-state index in [1.165, 1.54) is 6.20 Å². The predicted octanol–water partition coefficient (Wildman–Crippen LogP) is 4.18. The van der Waals surface area contributed by atoms with Crippen molar-refractivity contribution in [3.8, 4) is 11.1 Å². The molecule has 1 fully saturated rings. The van der Waals surface area contributed by atoms with E-state index in [1.54, 1.807) is 18.2 Å². The Balaban J connectivity index is 1.56. The van der Waals surface area contributed by atoms with Gasteiger partial charge in [0.2, 0.25) is 5.91 Å². The normalized spacial score (nSPS) is 19.2. The van der Waals surface area contributed by atoms with Crippen LogP contribution in [0, 0.1) is 5.82 Å². The van der Waals surface area contributed by atoms with Gasteiger partial charge in [0.05, 0.1) is 11.7 Å². The second kappa shape index (κ2) is 7.40. The summed E-state index contributed by atoms with van der Waals surface area (Å²) in [5, 5.41) is 0. The van der Waals surface area contributed by atoms with Crippen molar-refractivity contribution in [2.45, 2.75) is 37.5 Å². The molecule has 0 radical (unpaired) electrons. The van der Waals surface area contributed by atoms with Crippen LogP contribution in [-0.2, 0) is 22.1 Å². The lowest BCUT2D eigenvalue weighted by atomic mass is 9.94. The molecule has 2 heterocycles. The van der Waals surface area contributed by atoms with Gasteiger partial charge in [-0.15, -0.1) is 0 Å². The molecule has 1 aliphatic heterocycles. The Morgan fingerprint density at radius 3 is 2.66 bits per heavy atom. The van der Waals surface area contributed by atoms with Gasteiger partial charge in [0, 0.05) is 50.1 Å². The molecule has 154 valence electrons. The largest absolute Gasteiger partial charge is 0.416 e. The number of ether oxygens (including phenoxy) is 1. The Bertz CT molecular complexity index is 939. The third-order valence-electron chi connectivity index (χ3n) is 5.82. The molecule has 0 saturated carbocycles. The minimum atomic E-state index is -4.60. The molecule has 29 heavy (non-hydrogen) atoms. The maximum absolute atomic E-state index is 14.5. The first-order chi connectivity index (χ1) is 13.8. The van der Waals surface area contributed by atoms with Crippen molar-refractivity contribution in [1.82, 2.24) is 9.88 Å². The summed E-state index contributed by atoms with van der Waals surface area (Å²) in [5.41, 5.74) is 1.30. The molecule has 1 saturated heterocycles. The summed E-state index contributed by atoms with van der Waals surface area (Å²) in [4.78, 5) is 18.4. The van der Waals surface area contributed by atoms with E-state index in [0.29, 0.717) is 37.6 Å². The number of hydrogen-bond acceptors (Lipinski definition) is 3. The first-order valence-electron chi connectivity index (χ1n) is 9.42. The van der Waals surface area contributed by atoms with Crippen molar-refractivity contribution in [2.24, 2.45) is 0 Å². The number of hydrogen-bond donors (Lipinski definition) is 0. The molecule has 1 aromatic heterocycles. The summed E-state index contributed by atoms with van der Waals surface area (Å²) in [5.74, 6) is -0.910. The van der Waals surface area contributed by atoms with Gasteiger partial charge in [-0.1, -0.05) is 6.07 Å². The van der Waals surface area contributed by atoms with E-state index in [1.807, 2.05) is 0 Å². The molecule has 1 aliphatic carbocycles. The van der Waals surface area contributed by atoms with Crippen molar-refractivity contribution in [1.29, 1.82) is 0 Å². The summed E-state index contributed by atoms with van der Waals surface area (Å²) < 4.78 is 58.1. The second-order valence-corrected chi connectivity index (χ2v) is 7.54. The minimum absolute atomic E-state index is 0.0240. The van der Waals surface area contributed by atoms with Crippen LogP contribution in [0.5, 0.6) is 0 Å². The number of carbonyl (C=O) groups is 1. The molecule has 1 atom stereocenters. The van der Waals surface area contributed by atoms with Crippen molar-refractivity contribution >= 4 is 5.91 Å². The Labute approximate surface area is 165 Å². The van der Waals surface area contributed by atoms with E-state index in [0.717, 1.165) is 29.7 Å². The zero-order valence-corrected chi connectivity index (χ0v) is 15.8. The molecule has 1 unspecified atom stereocenters. The summed E-state index contributed by atoms with van der Waals surface area (Å²) in [6, 6.07) is 2.55. The highest BCUT2D eigenvalue weighted by Crippen LogP contribution is 2.41. The first kappa shape index (κ1) is 19.8. The summed E-state index contributed by atoms with van der Waals surface area (Å²) in [7, 11) is 1.62. The number of carbonyl (C=O) groups excluding carboxylic acids is 1. The summed E-state index contributed by atoms with van der Waals surface area (Å²) >= 11 is 0. The first-order valence-corrected chi connectivity index (χ1v) is 9.42. The van der Waals surface area contributed by atoms with Gasteiger partial charge in [0.15, 0.2) is 0 Å². The van der Waals surface area contributed by atoms with Gasteiger partial charge in [-0.3, -0.25) is 9.78 Å². The van der Waals surface area contributed by atoms with Crippen LogP contribution < -0.4 is 0 Å². The van der Waals surface area contributed by atoms with E-state index >= 15 is 0 Å². The highest BCUT2D eigenvalue weighted by molar-refractivity contribution is 5.79. The molecular weight excluding hydrogens is 388 g/mol. The van der Waals surface area contributed by atoms with Gasteiger partial charge in [0.25, 0.3) is 0 Å². The average Bonchev–Trinajstić information content (AvgIpc) is 3.03. The Hall–Kier alpha value is -2.48. The molecule has 2 aliphatic rings. The van der Waals surface area contributed by atoms with E-state index < -0.39 is 17.6 Å². The van der Waals surface area contributed by atoms with Crippen molar-refractivity contribution in [3.63, 3.8) is 0 Å². The number of methoxy groups -OCH3 is 1. The van der Waals surface area contributed by atoms with Gasteiger partial charge in [0.1, 0.15) is 5.82 Å². The van der Waals surface area contributed by atoms with E-state index in [-0.39, 0.29) is 23.5 Å². The lowest BCUT2D eigenvalue weighted by molar-refractivity contribution is -0.143. The Kier molecular flexibility index (Phi) is 5.06. The molecule has 0 bridgehead atoms. The molecule has 2 aromatic rings. The van der Waals surface area contributed by atoms with Crippen LogP contribution in [0.2, 0.25) is 0 Å². The molecule has 0 spiro atoms. The van der Waals surface area contributed by atoms with Crippen LogP contribution in [0.4, 0.5) is 17.6 Å². The van der Waals surface area contributed by atoms with Crippen LogP contribution in [0.25, 0.3) is 11.1 Å². The number of aromatic nitrogens is 1. The Morgan fingerprint density at radius 2 is 2.00 bits per heavy atom. The minimum Gasteiger partial charge on any atom is -0.378 e.